The Morgan fingerprint density at radius 1 is 1.07 bits per heavy atom. The van der Waals surface area contributed by atoms with E-state index in [0.29, 0.717) is 24.2 Å². The van der Waals surface area contributed by atoms with Crippen molar-refractivity contribution in [2.75, 3.05) is 59.0 Å². The maximum atomic E-state index is 14.0. The van der Waals surface area contributed by atoms with Gasteiger partial charge >= 0.3 is 0 Å². The van der Waals surface area contributed by atoms with Crippen molar-refractivity contribution in [3.8, 4) is 5.75 Å². The third kappa shape index (κ3) is 5.86. The Morgan fingerprint density at radius 3 is 2.20 bits per heavy atom. The van der Waals surface area contributed by atoms with Crippen LogP contribution in [0.5, 0.6) is 5.75 Å². The molecule has 2 unspecified atom stereocenters. The van der Waals surface area contributed by atoms with Gasteiger partial charge in [0.05, 0.1) is 17.3 Å². The van der Waals surface area contributed by atoms with Crippen molar-refractivity contribution in [1.82, 2.24) is 9.80 Å². The second-order valence-electron chi connectivity index (χ2n) is 12.0. The van der Waals surface area contributed by atoms with Crippen LogP contribution in [0.4, 0.5) is 11.4 Å². The molecule has 2 amide bonds. The Hall–Kier alpha value is -3.36. The van der Waals surface area contributed by atoms with Crippen LogP contribution in [0.3, 0.4) is 0 Å². The fourth-order valence-corrected chi connectivity index (χ4v) is 6.55. The summed E-state index contributed by atoms with van der Waals surface area (Å²) in [6.45, 7) is 0.686. The van der Waals surface area contributed by atoms with Crippen LogP contribution < -0.4 is 16.0 Å². The van der Waals surface area contributed by atoms with Gasteiger partial charge in [0.15, 0.2) is 11.4 Å². The number of benzene rings is 1. The molecule has 1 saturated carbocycles. The van der Waals surface area contributed by atoms with Crippen molar-refractivity contribution in [2.45, 2.75) is 37.3 Å². The van der Waals surface area contributed by atoms with E-state index < -0.39 is 63.8 Å². The molecule has 44 heavy (non-hydrogen) atoms. The topological polar surface area (TPSA) is 197 Å². The van der Waals surface area contributed by atoms with Crippen molar-refractivity contribution in [2.24, 2.45) is 17.6 Å². The smallest absolute Gasteiger partial charge is 0.255 e. The fraction of sp³-hybridized carbons (Fsp3) is 0.517. The Kier molecular flexibility index (Phi) is 11.2. The quantitative estimate of drug-likeness (QED) is 0.173. The molecule has 4 atom stereocenters. The highest BCUT2D eigenvalue weighted by Gasteiger charge is 2.64. The van der Waals surface area contributed by atoms with Gasteiger partial charge in [0.1, 0.15) is 22.8 Å². The lowest BCUT2D eigenvalue weighted by molar-refractivity contribution is -0.153. The molecule has 0 saturated heterocycles. The number of ketones is 2. The number of nitrogens with one attached hydrogen (secondary N) is 1. The number of aliphatic hydroxyl groups is 3. The van der Waals surface area contributed by atoms with Gasteiger partial charge in [0, 0.05) is 37.7 Å². The molecule has 0 aromatic heterocycles. The molecule has 15 heteroatoms. The molecule has 13 nitrogen and oxygen atoms in total. The van der Waals surface area contributed by atoms with E-state index in [0.717, 1.165) is 0 Å². The van der Waals surface area contributed by atoms with Crippen molar-refractivity contribution < 1.29 is 39.6 Å². The van der Waals surface area contributed by atoms with Crippen LogP contribution >= 0.6 is 24.8 Å². The molecule has 244 valence electrons. The van der Waals surface area contributed by atoms with Gasteiger partial charge in [-0.3, -0.25) is 24.1 Å². The third-order valence-electron chi connectivity index (χ3n) is 8.46. The number of fused-ring (bicyclic) bond motifs is 3. The highest BCUT2D eigenvalue weighted by atomic mass is 35.5. The average Bonchev–Trinajstić information content (AvgIpc) is 2.87. The number of hydrogen-bond acceptors (Lipinski definition) is 11. The molecule has 0 radical (unpaired) electrons. The van der Waals surface area contributed by atoms with Crippen molar-refractivity contribution in [3.63, 3.8) is 0 Å². The van der Waals surface area contributed by atoms with Crippen LogP contribution in [-0.2, 0) is 25.6 Å². The molecule has 0 spiro atoms. The number of nitrogens with two attached hydrogens (primary N) is 1. The molecular weight excluding hydrogens is 617 g/mol. The van der Waals surface area contributed by atoms with Gasteiger partial charge in [0.2, 0.25) is 11.7 Å². The first-order valence-electron chi connectivity index (χ1n) is 13.7. The Balaban J connectivity index is 0.00000337. The van der Waals surface area contributed by atoms with E-state index in [-0.39, 0.29) is 66.8 Å². The summed E-state index contributed by atoms with van der Waals surface area (Å²) in [6.07, 6.45) is 0.904. The molecule has 7 N–H and O–H groups in total. The van der Waals surface area contributed by atoms with E-state index in [1.165, 1.54) is 4.90 Å². The number of halogens is 2. The molecule has 0 aliphatic heterocycles. The summed E-state index contributed by atoms with van der Waals surface area (Å²) >= 11 is 0. The number of rotatable bonds is 8. The van der Waals surface area contributed by atoms with Gasteiger partial charge in [-0.15, -0.1) is 24.8 Å². The van der Waals surface area contributed by atoms with E-state index in [1.807, 2.05) is 19.0 Å². The number of anilines is 2. The Bertz CT molecular complexity index is 1440. The minimum absolute atomic E-state index is 0. The number of phenolic OH excluding ortho intramolecular Hbond substituents is 1. The van der Waals surface area contributed by atoms with Gasteiger partial charge in [-0.2, -0.15) is 0 Å². The van der Waals surface area contributed by atoms with Crippen LogP contribution in [0.1, 0.15) is 30.4 Å². The van der Waals surface area contributed by atoms with Crippen LogP contribution in [0.25, 0.3) is 5.76 Å². The van der Waals surface area contributed by atoms with E-state index in [1.54, 1.807) is 39.2 Å². The number of carbonyl (C=O) groups excluding carboxylic acids is 4. The molecular formula is C29H41Cl2N5O8. The van der Waals surface area contributed by atoms with E-state index in [2.05, 4.69) is 5.32 Å². The lowest BCUT2D eigenvalue weighted by Gasteiger charge is -2.50. The molecule has 1 fully saturated rings. The maximum Gasteiger partial charge on any atom is 0.255 e. The molecule has 1 aromatic rings. The molecule has 3 aliphatic rings. The summed E-state index contributed by atoms with van der Waals surface area (Å²) in [5.41, 5.74) is 2.57. The molecule has 3 aliphatic carbocycles. The Labute approximate surface area is 268 Å². The van der Waals surface area contributed by atoms with Gasteiger partial charge < -0.3 is 41.3 Å². The molecule has 4 rings (SSSR count). The number of hydrogen-bond donors (Lipinski definition) is 6. The second kappa shape index (κ2) is 13.3. The third-order valence-corrected chi connectivity index (χ3v) is 8.46. The first kappa shape index (κ1) is 36.8. The van der Waals surface area contributed by atoms with E-state index in [9.17, 15) is 39.6 Å². The molecule has 1 aromatic carbocycles. The minimum atomic E-state index is -2.72. The highest BCUT2D eigenvalue weighted by molar-refractivity contribution is 6.24. The van der Waals surface area contributed by atoms with E-state index >= 15 is 0 Å². The number of aliphatic hydroxyl groups excluding tert-OH is 2. The molecule has 0 heterocycles. The summed E-state index contributed by atoms with van der Waals surface area (Å²) in [5.74, 6) is -7.61. The van der Waals surface area contributed by atoms with Crippen LogP contribution in [-0.4, -0.2) is 114 Å². The first-order valence-corrected chi connectivity index (χ1v) is 13.7. The monoisotopic (exact) mass is 657 g/mol. The van der Waals surface area contributed by atoms with Gasteiger partial charge in [-0.25, -0.2) is 0 Å². The summed E-state index contributed by atoms with van der Waals surface area (Å²) in [4.78, 5) is 57.3. The normalized spacial score (nSPS) is 24.2. The zero-order chi connectivity index (χ0) is 31.4. The van der Waals surface area contributed by atoms with E-state index in [4.69, 9.17) is 5.73 Å². The zero-order valence-electron chi connectivity index (χ0n) is 25.5. The average molecular weight is 659 g/mol. The number of likely N-dealkylation sites (N-methyl/N-ethyl adjacent to an activating group) is 1. The largest absolute Gasteiger partial charge is 0.508 e. The summed E-state index contributed by atoms with van der Waals surface area (Å²) in [6, 6.07) is 0.437. The highest BCUT2D eigenvalue weighted by Crippen LogP contribution is 2.54. The number of aromatic hydroxyl groups is 1. The number of carbonyl (C=O) groups is 4. The lowest BCUT2D eigenvalue weighted by Crippen LogP contribution is -2.65. The van der Waals surface area contributed by atoms with Crippen molar-refractivity contribution in [3.05, 3.63) is 34.1 Å². The lowest BCUT2D eigenvalue weighted by atomic mass is 9.57. The summed E-state index contributed by atoms with van der Waals surface area (Å²) in [7, 11) is 10.4. The maximum absolute atomic E-state index is 14.0. The number of phenols is 1. The van der Waals surface area contributed by atoms with Crippen LogP contribution in [0.15, 0.2) is 23.0 Å². The van der Waals surface area contributed by atoms with Crippen LogP contribution in [0.2, 0.25) is 0 Å². The predicted molar refractivity (Wildman–Crippen MR) is 169 cm³/mol. The number of Topliss-reactive ketones (excluding diaryl/α,β-unsaturated/α-hetero) is 2. The van der Waals surface area contributed by atoms with Crippen molar-refractivity contribution in [1.29, 1.82) is 0 Å². The summed E-state index contributed by atoms with van der Waals surface area (Å²) < 4.78 is 0. The predicted octanol–water partition coefficient (Wildman–Crippen LogP) is 1.15. The number of amides is 2. The van der Waals surface area contributed by atoms with Gasteiger partial charge in [-0.05, 0) is 71.5 Å². The number of nitrogens with zero attached hydrogens (tertiary/aromatic N) is 3. The Morgan fingerprint density at radius 2 is 1.68 bits per heavy atom. The summed E-state index contributed by atoms with van der Waals surface area (Å²) in [5, 5.41) is 48.3. The second-order valence-corrected chi connectivity index (χ2v) is 12.0. The van der Waals surface area contributed by atoms with Crippen molar-refractivity contribution >= 4 is 65.3 Å². The van der Waals surface area contributed by atoms with Crippen LogP contribution in [0, 0.1) is 11.8 Å². The minimum Gasteiger partial charge on any atom is -0.508 e. The fourth-order valence-electron chi connectivity index (χ4n) is 6.55. The number of primary amides is 1. The van der Waals surface area contributed by atoms with Gasteiger partial charge in [-0.1, -0.05) is 0 Å². The SMILES string of the molecule is CN(C)CCCC(=O)Nc1cc(N(C)C)c2c(c1O)C(O)=C1C(=O)[C@]3(O)C(O)=C(C(N)=O)C(=O)[C@@H](N(C)C)C3CC1C2.Cl.Cl. The first-order chi connectivity index (χ1) is 19.5. The molecule has 0 bridgehead atoms. The van der Waals surface area contributed by atoms with Gasteiger partial charge in [0.25, 0.3) is 5.91 Å². The standard InChI is InChI=1S/C29H39N5O8.2ClH/c1-32(2)9-7-8-18(35)31-16-12-17(33(3)4)14-10-13-11-15-22(34(5)6)25(38)21(28(30)41)27(40)29(15,42)26(39)19(13)24(37)20(14)23(16)36;;/h12-13,15,22,36-37,40,42H,7-11H2,1-6H3,(H2,30,41)(H,31,35);2*1H/t13?,15?,22-,29-;;/m0../s1. The zero-order valence-corrected chi connectivity index (χ0v) is 27.1.